The first-order chi connectivity index (χ1) is 17.6. The largest absolute Gasteiger partial charge is 0.501 e. The van der Waals surface area contributed by atoms with Crippen molar-refractivity contribution in [2.45, 2.75) is 90.0 Å². The highest BCUT2D eigenvalue weighted by atomic mass is 16.5. The second kappa shape index (κ2) is 11.1. The number of carbonyl (C=O) groups is 1. The number of nitrogens with one attached hydrogen (secondary N) is 1. The number of likely N-dealkylation sites (tertiary alicyclic amines) is 1. The first-order valence-corrected chi connectivity index (χ1v) is 14.6. The molecule has 4 heteroatoms. The molecule has 1 spiro atoms. The molecule has 2 saturated carbocycles. The van der Waals surface area contributed by atoms with E-state index >= 15 is 0 Å². The fourth-order valence-corrected chi connectivity index (χ4v) is 8.19. The van der Waals surface area contributed by atoms with Gasteiger partial charge in [0, 0.05) is 31.1 Å². The Hall–Kier alpha value is -2.07. The van der Waals surface area contributed by atoms with Gasteiger partial charge in [0.1, 0.15) is 0 Å². The lowest BCUT2D eigenvalue weighted by molar-refractivity contribution is -0.143. The summed E-state index contributed by atoms with van der Waals surface area (Å²) in [7, 11) is 1.78. The van der Waals surface area contributed by atoms with Crippen LogP contribution in [-0.2, 0) is 9.53 Å². The minimum Gasteiger partial charge on any atom is -0.501 e. The Morgan fingerprint density at radius 3 is 2.61 bits per heavy atom. The van der Waals surface area contributed by atoms with Crippen molar-refractivity contribution in [3.05, 3.63) is 58.9 Å². The lowest BCUT2D eigenvalue weighted by Crippen LogP contribution is -2.54. The topological polar surface area (TPSA) is 41.6 Å². The molecule has 4 aliphatic rings. The van der Waals surface area contributed by atoms with Crippen molar-refractivity contribution in [1.82, 2.24) is 10.2 Å². The Morgan fingerprint density at radius 1 is 1.11 bits per heavy atom. The zero-order chi connectivity index (χ0) is 25.1. The maximum absolute atomic E-state index is 14.6. The van der Waals surface area contributed by atoms with Gasteiger partial charge >= 0.3 is 0 Å². The highest BCUT2D eigenvalue weighted by Crippen LogP contribution is 2.52. The zero-order valence-electron chi connectivity index (χ0n) is 22.7. The van der Waals surface area contributed by atoms with E-state index in [0.29, 0.717) is 23.8 Å². The molecule has 4 nitrogen and oxygen atoms in total. The lowest BCUT2D eigenvalue weighted by Gasteiger charge is -2.48. The van der Waals surface area contributed by atoms with E-state index in [9.17, 15) is 4.79 Å². The molecule has 36 heavy (non-hydrogen) atoms. The van der Waals surface area contributed by atoms with Crippen LogP contribution in [0.25, 0.3) is 0 Å². The minimum atomic E-state index is -0.105. The van der Waals surface area contributed by atoms with Crippen LogP contribution in [0.2, 0.25) is 0 Å². The Kier molecular flexibility index (Phi) is 7.90. The van der Waals surface area contributed by atoms with Crippen molar-refractivity contribution in [2.24, 2.45) is 17.3 Å². The van der Waals surface area contributed by atoms with Crippen molar-refractivity contribution in [2.75, 3.05) is 26.7 Å². The van der Waals surface area contributed by atoms with Crippen LogP contribution in [0.4, 0.5) is 0 Å². The van der Waals surface area contributed by atoms with Gasteiger partial charge in [-0.25, -0.2) is 0 Å². The first kappa shape index (κ1) is 25.6. The number of nitrogens with zero attached hydrogens (tertiary/aromatic N) is 1. The third-order valence-electron chi connectivity index (χ3n) is 10.1. The molecule has 4 fully saturated rings. The van der Waals surface area contributed by atoms with Crippen LogP contribution in [-0.4, -0.2) is 43.6 Å². The first-order valence-electron chi connectivity index (χ1n) is 14.6. The van der Waals surface area contributed by atoms with Crippen LogP contribution in [0.5, 0.6) is 0 Å². The van der Waals surface area contributed by atoms with Gasteiger partial charge in [0.05, 0.1) is 18.8 Å². The van der Waals surface area contributed by atoms with Gasteiger partial charge in [-0.1, -0.05) is 55.7 Å². The van der Waals surface area contributed by atoms with Crippen molar-refractivity contribution in [1.29, 1.82) is 0 Å². The van der Waals surface area contributed by atoms with Crippen molar-refractivity contribution in [3.63, 3.8) is 0 Å². The van der Waals surface area contributed by atoms with Gasteiger partial charge < -0.3 is 15.0 Å². The zero-order valence-corrected chi connectivity index (χ0v) is 22.7. The van der Waals surface area contributed by atoms with E-state index in [1.165, 1.54) is 48.8 Å². The average Bonchev–Trinajstić information content (AvgIpc) is 3.36. The Labute approximate surface area is 218 Å². The molecule has 4 atom stereocenters. The Bertz CT molecular complexity index is 977. The smallest absolute Gasteiger partial charge is 0.228 e. The predicted molar refractivity (Wildman–Crippen MR) is 147 cm³/mol. The molecule has 4 unspecified atom stereocenters. The minimum absolute atomic E-state index is 0.0167. The van der Waals surface area contributed by atoms with Crippen LogP contribution < -0.4 is 5.32 Å². The average molecular weight is 491 g/mol. The number of methoxy groups -OCH3 is 1. The number of amides is 1. The van der Waals surface area contributed by atoms with Crippen LogP contribution >= 0.6 is 0 Å². The molecule has 1 aromatic carbocycles. The van der Waals surface area contributed by atoms with Crippen LogP contribution in [0.15, 0.2) is 53.3 Å². The summed E-state index contributed by atoms with van der Waals surface area (Å²) in [6.07, 6.45) is 14.3. The quantitative estimate of drug-likeness (QED) is 0.484. The molecule has 2 aliphatic heterocycles. The lowest BCUT2D eigenvalue weighted by atomic mass is 9.62. The summed E-state index contributed by atoms with van der Waals surface area (Å²) < 4.78 is 5.71. The maximum atomic E-state index is 14.6. The summed E-state index contributed by atoms with van der Waals surface area (Å²) in [4.78, 5) is 17.0. The molecule has 1 amide bonds. The molecule has 0 radical (unpaired) electrons. The monoisotopic (exact) mass is 490 g/mol. The van der Waals surface area contributed by atoms with Gasteiger partial charge in [-0.2, -0.15) is 0 Å². The van der Waals surface area contributed by atoms with Crippen molar-refractivity contribution < 1.29 is 9.53 Å². The molecule has 2 saturated heterocycles. The molecule has 2 heterocycles. The molecule has 0 bridgehead atoms. The maximum Gasteiger partial charge on any atom is 0.228 e. The number of hydrogen-bond acceptors (Lipinski definition) is 3. The van der Waals surface area contributed by atoms with E-state index in [1.54, 1.807) is 7.11 Å². The van der Waals surface area contributed by atoms with E-state index < -0.39 is 0 Å². The number of benzene rings is 1. The fourth-order valence-electron chi connectivity index (χ4n) is 8.19. The van der Waals surface area contributed by atoms with Gasteiger partial charge in [-0.3, -0.25) is 4.79 Å². The number of ether oxygens (including phenoxy) is 1. The molecule has 5 rings (SSSR count). The van der Waals surface area contributed by atoms with Crippen molar-refractivity contribution >= 4 is 5.91 Å². The number of carbonyl (C=O) groups excluding carboxylic acids is 1. The van der Waals surface area contributed by atoms with Gasteiger partial charge in [-0.15, -0.1) is 0 Å². The third kappa shape index (κ3) is 4.66. The van der Waals surface area contributed by atoms with Crippen molar-refractivity contribution in [3.8, 4) is 0 Å². The summed E-state index contributed by atoms with van der Waals surface area (Å²) in [6, 6.07) is 11.4. The summed E-state index contributed by atoms with van der Waals surface area (Å²) in [5.74, 6) is 2.67. The molecule has 2 aliphatic carbocycles. The predicted octanol–water partition coefficient (Wildman–Crippen LogP) is 6.60. The number of allylic oxidation sites excluding steroid dienone is 3. The summed E-state index contributed by atoms with van der Waals surface area (Å²) in [5, 5.41) is 3.67. The van der Waals surface area contributed by atoms with Crippen LogP contribution in [0, 0.1) is 17.3 Å². The summed E-state index contributed by atoms with van der Waals surface area (Å²) >= 11 is 0. The van der Waals surface area contributed by atoms with E-state index in [1.807, 2.05) is 0 Å². The number of rotatable bonds is 4. The summed E-state index contributed by atoms with van der Waals surface area (Å²) in [5.41, 5.74) is 4.05. The van der Waals surface area contributed by atoms with Gasteiger partial charge in [0.2, 0.25) is 5.91 Å². The van der Waals surface area contributed by atoms with E-state index in [-0.39, 0.29) is 11.3 Å². The standard InChI is InChI=1S/C32H46N2O2/c1-4-28-27(23(2)36-3)16-11-18-32(28)22-33-21-29(32)31(35)34-19-17-26(24-12-7-5-8-13-24)20-30(34)25-14-9-6-10-15-25/h4-5,7-8,12-13,25-26,29-30,33H,6,9-11,14-22H2,1-3H3. The second-order valence-electron chi connectivity index (χ2n) is 11.8. The SMILES string of the molecule is CC=C1C(=C(C)OC)CCCC12CNCC2C(=O)N1CCC(c2ccccc2)CC1C1CCCCC1. The van der Waals surface area contributed by atoms with Gasteiger partial charge in [0.15, 0.2) is 0 Å². The highest BCUT2D eigenvalue weighted by molar-refractivity contribution is 5.82. The Morgan fingerprint density at radius 2 is 1.89 bits per heavy atom. The molecule has 0 aromatic heterocycles. The van der Waals surface area contributed by atoms with Gasteiger partial charge in [-0.05, 0) is 87.3 Å². The second-order valence-corrected chi connectivity index (χ2v) is 11.8. The van der Waals surface area contributed by atoms with Crippen LogP contribution in [0.3, 0.4) is 0 Å². The highest BCUT2D eigenvalue weighted by Gasteiger charge is 2.53. The number of hydrogen-bond donors (Lipinski definition) is 1. The Balaban J connectivity index is 1.44. The third-order valence-corrected chi connectivity index (χ3v) is 10.1. The van der Waals surface area contributed by atoms with E-state index in [4.69, 9.17) is 4.74 Å². The fraction of sp³-hybridized carbons (Fsp3) is 0.656. The molecule has 196 valence electrons. The number of piperidine rings is 1. The van der Waals surface area contributed by atoms with Gasteiger partial charge in [0.25, 0.3) is 0 Å². The van der Waals surface area contributed by atoms with E-state index in [0.717, 1.165) is 57.5 Å². The van der Waals surface area contributed by atoms with Crippen LogP contribution in [0.1, 0.15) is 89.5 Å². The molecular weight excluding hydrogens is 444 g/mol. The molecule has 1 N–H and O–H groups in total. The molecule has 1 aromatic rings. The normalized spacial score (nSPS) is 34.2. The summed E-state index contributed by atoms with van der Waals surface area (Å²) in [6.45, 7) is 6.84. The van der Waals surface area contributed by atoms with E-state index in [2.05, 4.69) is 60.5 Å². The molecular formula is C32H46N2O2.